The molecule has 0 saturated heterocycles. The molecule has 2 unspecified atom stereocenters. The number of para-hydroxylation sites is 1. The van der Waals surface area contributed by atoms with Gasteiger partial charge in [-0.1, -0.05) is 31.0 Å². The van der Waals surface area contributed by atoms with Crippen LogP contribution in [0.3, 0.4) is 0 Å². The second-order valence-corrected chi connectivity index (χ2v) is 5.19. The summed E-state index contributed by atoms with van der Waals surface area (Å²) in [4.78, 5) is 23.3. The average Bonchev–Trinajstić information content (AvgIpc) is 2.46. The van der Waals surface area contributed by atoms with E-state index in [1.807, 2.05) is 30.3 Å². The second-order valence-electron chi connectivity index (χ2n) is 5.19. The molecule has 116 valence electrons. The van der Waals surface area contributed by atoms with E-state index in [9.17, 15) is 9.59 Å². The fourth-order valence-corrected chi connectivity index (χ4v) is 2.64. The minimum absolute atomic E-state index is 0. The van der Waals surface area contributed by atoms with Crippen LogP contribution in [-0.2, 0) is 9.59 Å². The van der Waals surface area contributed by atoms with Gasteiger partial charge in [-0.2, -0.15) is 0 Å². The van der Waals surface area contributed by atoms with Crippen molar-refractivity contribution < 1.29 is 9.59 Å². The van der Waals surface area contributed by atoms with E-state index in [2.05, 4.69) is 10.6 Å². The maximum Gasteiger partial charge on any atom is 0.239 e. The van der Waals surface area contributed by atoms with Gasteiger partial charge < -0.3 is 16.4 Å². The molecule has 1 saturated carbocycles. The maximum absolute atomic E-state index is 11.9. The molecule has 5 nitrogen and oxygen atoms in total. The number of nitrogens with two attached hydrogens (primary N) is 1. The summed E-state index contributed by atoms with van der Waals surface area (Å²) in [6, 6.07) is 9.42. The zero-order chi connectivity index (χ0) is 14.4. The van der Waals surface area contributed by atoms with Crippen molar-refractivity contribution in [3.05, 3.63) is 30.3 Å². The Labute approximate surface area is 131 Å². The van der Waals surface area contributed by atoms with E-state index in [1.165, 1.54) is 0 Å². The molecule has 2 rings (SSSR count). The number of amides is 2. The number of hydrogen-bond donors (Lipinski definition) is 3. The number of benzene rings is 1. The molecule has 1 aromatic rings. The van der Waals surface area contributed by atoms with E-state index >= 15 is 0 Å². The molecule has 0 radical (unpaired) electrons. The Hall–Kier alpha value is -1.75. The molecule has 21 heavy (non-hydrogen) atoms. The van der Waals surface area contributed by atoms with E-state index in [0.29, 0.717) is 0 Å². The van der Waals surface area contributed by atoms with Crippen LogP contribution < -0.4 is 16.4 Å². The van der Waals surface area contributed by atoms with Crippen LogP contribution in [0.2, 0.25) is 0 Å². The second kappa shape index (κ2) is 8.52. The molecule has 4 N–H and O–H groups in total. The van der Waals surface area contributed by atoms with Crippen LogP contribution in [0.1, 0.15) is 25.7 Å². The molecule has 0 aliphatic heterocycles. The van der Waals surface area contributed by atoms with Crippen molar-refractivity contribution in [2.24, 2.45) is 11.7 Å². The normalized spacial score (nSPS) is 21.0. The fourth-order valence-electron chi connectivity index (χ4n) is 2.64. The summed E-state index contributed by atoms with van der Waals surface area (Å²) in [7, 11) is 0. The number of halogens is 1. The highest BCUT2D eigenvalue weighted by Gasteiger charge is 2.30. The summed E-state index contributed by atoms with van der Waals surface area (Å²) < 4.78 is 0. The summed E-state index contributed by atoms with van der Waals surface area (Å²) in [5, 5.41) is 5.97. The summed E-state index contributed by atoms with van der Waals surface area (Å²) in [6.07, 6.45) is 3.63. The molecular weight excluding hydrogens is 290 g/mol. The van der Waals surface area contributed by atoms with Crippen molar-refractivity contribution >= 4 is 29.9 Å². The Morgan fingerprint density at radius 2 is 1.81 bits per heavy atom. The minimum Gasteiger partial charge on any atom is -0.376 e. The van der Waals surface area contributed by atoms with Gasteiger partial charge in [0.05, 0.1) is 12.5 Å². The van der Waals surface area contributed by atoms with Crippen LogP contribution in [-0.4, -0.2) is 24.4 Å². The van der Waals surface area contributed by atoms with E-state index in [1.54, 1.807) is 0 Å². The van der Waals surface area contributed by atoms with Crippen LogP contribution in [0.4, 0.5) is 5.69 Å². The Morgan fingerprint density at radius 3 is 2.48 bits per heavy atom. The maximum atomic E-state index is 11.9. The van der Waals surface area contributed by atoms with Gasteiger partial charge in [0.2, 0.25) is 11.8 Å². The molecule has 1 aliphatic rings. The van der Waals surface area contributed by atoms with Gasteiger partial charge in [0.1, 0.15) is 0 Å². The molecule has 6 heteroatoms. The molecule has 1 fully saturated rings. The lowest BCUT2D eigenvalue weighted by molar-refractivity contribution is -0.125. The highest BCUT2D eigenvalue weighted by molar-refractivity contribution is 5.85. The molecule has 1 aliphatic carbocycles. The van der Waals surface area contributed by atoms with Crippen molar-refractivity contribution in [2.45, 2.75) is 31.7 Å². The monoisotopic (exact) mass is 311 g/mol. The Balaban J connectivity index is 0.00000220. The highest BCUT2D eigenvalue weighted by Crippen LogP contribution is 2.24. The average molecular weight is 312 g/mol. The zero-order valence-corrected chi connectivity index (χ0v) is 12.7. The summed E-state index contributed by atoms with van der Waals surface area (Å²) >= 11 is 0. The van der Waals surface area contributed by atoms with E-state index in [-0.39, 0.29) is 42.7 Å². The molecule has 0 bridgehead atoms. The molecule has 2 amide bonds. The SMILES string of the molecule is Cl.NC(=O)C1CCCCC1NC(=O)CNc1ccccc1. The van der Waals surface area contributed by atoms with E-state index < -0.39 is 0 Å². The van der Waals surface area contributed by atoms with Crippen molar-refractivity contribution in [1.82, 2.24) is 5.32 Å². The van der Waals surface area contributed by atoms with E-state index in [0.717, 1.165) is 31.4 Å². The van der Waals surface area contributed by atoms with Gasteiger partial charge in [0.15, 0.2) is 0 Å². The minimum atomic E-state index is -0.314. The topological polar surface area (TPSA) is 84.2 Å². The number of carbonyl (C=O) groups excluding carboxylic acids is 2. The first kappa shape index (κ1) is 17.3. The largest absolute Gasteiger partial charge is 0.376 e. The third-order valence-electron chi connectivity index (χ3n) is 3.70. The van der Waals surface area contributed by atoms with Gasteiger partial charge in [0, 0.05) is 11.7 Å². The quantitative estimate of drug-likeness (QED) is 0.773. The van der Waals surface area contributed by atoms with Crippen LogP contribution in [0.25, 0.3) is 0 Å². The van der Waals surface area contributed by atoms with Crippen LogP contribution >= 0.6 is 12.4 Å². The van der Waals surface area contributed by atoms with Gasteiger partial charge in [0.25, 0.3) is 0 Å². The predicted molar refractivity (Wildman–Crippen MR) is 85.3 cm³/mol. The van der Waals surface area contributed by atoms with Gasteiger partial charge in [-0.15, -0.1) is 12.4 Å². The molecule has 2 atom stereocenters. The lowest BCUT2D eigenvalue weighted by Crippen LogP contribution is -2.48. The fraction of sp³-hybridized carbons (Fsp3) is 0.467. The van der Waals surface area contributed by atoms with Crippen LogP contribution in [0, 0.1) is 5.92 Å². The van der Waals surface area contributed by atoms with Gasteiger partial charge in [-0.25, -0.2) is 0 Å². The Kier molecular flexibility index (Phi) is 7.02. The third kappa shape index (κ3) is 5.27. The van der Waals surface area contributed by atoms with E-state index in [4.69, 9.17) is 5.73 Å². The Morgan fingerprint density at radius 1 is 1.14 bits per heavy atom. The molecule has 0 heterocycles. The van der Waals surface area contributed by atoms with Crippen LogP contribution in [0.5, 0.6) is 0 Å². The smallest absolute Gasteiger partial charge is 0.239 e. The number of rotatable bonds is 5. The predicted octanol–water partition coefficient (Wildman–Crippen LogP) is 1.68. The first-order chi connectivity index (χ1) is 9.66. The lowest BCUT2D eigenvalue weighted by atomic mass is 9.84. The van der Waals surface area contributed by atoms with Gasteiger partial charge >= 0.3 is 0 Å². The lowest BCUT2D eigenvalue weighted by Gasteiger charge is -2.30. The summed E-state index contributed by atoms with van der Waals surface area (Å²) in [5.41, 5.74) is 6.29. The summed E-state index contributed by atoms with van der Waals surface area (Å²) in [5.74, 6) is -0.651. The molecule has 0 spiro atoms. The summed E-state index contributed by atoms with van der Waals surface area (Å²) in [6.45, 7) is 0.200. The molecule has 0 aromatic heterocycles. The third-order valence-corrected chi connectivity index (χ3v) is 3.70. The van der Waals surface area contributed by atoms with Crippen molar-refractivity contribution in [3.8, 4) is 0 Å². The zero-order valence-electron chi connectivity index (χ0n) is 11.9. The highest BCUT2D eigenvalue weighted by atomic mass is 35.5. The number of anilines is 1. The standard InChI is InChI=1S/C15H21N3O2.ClH/c16-15(20)12-8-4-5-9-13(12)18-14(19)10-17-11-6-2-1-3-7-11;/h1-3,6-7,12-13,17H,4-5,8-10H2,(H2,16,20)(H,18,19);1H. The van der Waals surface area contributed by atoms with Crippen molar-refractivity contribution in [2.75, 3.05) is 11.9 Å². The number of carbonyl (C=O) groups is 2. The first-order valence-corrected chi connectivity index (χ1v) is 7.04. The Bertz CT molecular complexity index is 467. The first-order valence-electron chi connectivity index (χ1n) is 7.04. The number of hydrogen-bond acceptors (Lipinski definition) is 3. The molecule has 1 aromatic carbocycles. The molecular formula is C15H22ClN3O2. The van der Waals surface area contributed by atoms with Crippen LogP contribution in [0.15, 0.2) is 30.3 Å². The number of nitrogens with one attached hydrogen (secondary N) is 2. The van der Waals surface area contributed by atoms with Gasteiger partial charge in [-0.05, 0) is 25.0 Å². The van der Waals surface area contributed by atoms with Crippen molar-refractivity contribution in [3.63, 3.8) is 0 Å². The number of primary amides is 1. The van der Waals surface area contributed by atoms with Gasteiger partial charge in [-0.3, -0.25) is 9.59 Å². The van der Waals surface area contributed by atoms with Crippen molar-refractivity contribution in [1.29, 1.82) is 0 Å².